The minimum Gasteiger partial charge on any atom is -0.454 e. The second kappa shape index (κ2) is 9.48. The molecule has 4 rings (SSSR count). The minimum absolute atomic E-state index is 0.0829. The van der Waals surface area contributed by atoms with E-state index in [9.17, 15) is 22.8 Å². The number of hydrogen-bond acceptors (Lipinski definition) is 6. The molecule has 8 nitrogen and oxygen atoms in total. The lowest BCUT2D eigenvalue weighted by Gasteiger charge is -2.15. The molecule has 1 N–H and O–H groups in total. The minimum atomic E-state index is -3.87. The number of benzene rings is 3. The molecule has 3 aromatic carbocycles. The molecule has 0 spiro atoms. The Labute approximate surface area is 197 Å². The van der Waals surface area contributed by atoms with E-state index in [0.29, 0.717) is 18.5 Å². The molecule has 0 saturated heterocycles. The van der Waals surface area contributed by atoms with Gasteiger partial charge in [-0.3, -0.25) is 14.3 Å². The number of Topliss-reactive ketones (excluding diaryl/α,β-unsaturated/α-hetero) is 1. The highest BCUT2D eigenvalue weighted by molar-refractivity contribution is 7.92. The van der Waals surface area contributed by atoms with Crippen molar-refractivity contribution in [3.63, 3.8) is 0 Å². The molecule has 1 aliphatic rings. The lowest BCUT2D eigenvalue weighted by atomic mass is 10.1. The van der Waals surface area contributed by atoms with E-state index in [1.807, 2.05) is 0 Å². The maximum Gasteiger partial charge on any atom is 0.338 e. The van der Waals surface area contributed by atoms with Crippen LogP contribution in [0.1, 0.15) is 33.2 Å². The van der Waals surface area contributed by atoms with Crippen LogP contribution >= 0.6 is 0 Å². The first-order valence-electron chi connectivity index (χ1n) is 10.5. The second-order valence-electron chi connectivity index (χ2n) is 7.76. The van der Waals surface area contributed by atoms with E-state index in [-0.39, 0.29) is 27.8 Å². The smallest absolute Gasteiger partial charge is 0.338 e. The molecule has 9 heteroatoms. The Balaban J connectivity index is 1.40. The molecule has 1 amide bonds. The molecular weight excluding hydrogens is 456 g/mol. The van der Waals surface area contributed by atoms with Crippen molar-refractivity contribution < 1.29 is 27.5 Å². The summed E-state index contributed by atoms with van der Waals surface area (Å²) < 4.78 is 33.2. The quantitative estimate of drug-likeness (QED) is 0.412. The van der Waals surface area contributed by atoms with Crippen LogP contribution in [0.15, 0.2) is 77.7 Å². The van der Waals surface area contributed by atoms with Crippen LogP contribution in [0.2, 0.25) is 0 Å². The van der Waals surface area contributed by atoms with Gasteiger partial charge in [-0.2, -0.15) is 0 Å². The zero-order chi connectivity index (χ0) is 24.3. The highest BCUT2D eigenvalue weighted by Gasteiger charge is 2.25. The van der Waals surface area contributed by atoms with Gasteiger partial charge in [0.1, 0.15) is 0 Å². The average Bonchev–Trinajstić information content (AvgIpc) is 3.27. The van der Waals surface area contributed by atoms with Crippen LogP contribution < -0.4 is 9.62 Å². The fraction of sp³-hybridized carbons (Fsp3) is 0.160. The maximum absolute atomic E-state index is 12.8. The van der Waals surface area contributed by atoms with Crippen molar-refractivity contribution in [3.8, 4) is 0 Å². The third-order valence-corrected chi connectivity index (χ3v) is 6.82. The molecule has 0 radical (unpaired) electrons. The Bertz CT molecular complexity index is 1350. The standard InChI is InChI=1S/C25H22N2O6S/c1-17(28)27-14-13-20-15-22(11-12-23(20)27)34(31,32)26-21-9-7-19(8-10-21)25(30)33-16-24(29)18-5-3-2-4-6-18/h2-12,15,26H,13-14,16H2,1H3. The summed E-state index contributed by atoms with van der Waals surface area (Å²) in [5.74, 6) is -1.10. The lowest BCUT2D eigenvalue weighted by Crippen LogP contribution is -2.25. The summed E-state index contributed by atoms with van der Waals surface area (Å²) >= 11 is 0. The van der Waals surface area contributed by atoms with E-state index >= 15 is 0 Å². The van der Waals surface area contributed by atoms with Gasteiger partial charge < -0.3 is 9.64 Å². The molecule has 0 fully saturated rings. The summed E-state index contributed by atoms with van der Waals surface area (Å²) in [4.78, 5) is 37.7. The Morgan fingerprint density at radius 1 is 0.941 bits per heavy atom. The number of esters is 1. The molecule has 1 heterocycles. The van der Waals surface area contributed by atoms with Crippen LogP contribution in [-0.4, -0.2) is 39.2 Å². The van der Waals surface area contributed by atoms with E-state index in [2.05, 4.69) is 4.72 Å². The number of carbonyl (C=O) groups is 3. The highest BCUT2D eigenvalue weighted by atomic mass is 32.2. The third-order valence-electron chi connectivity index (χ3n) is 5.44. The van der Waals surface area contributed by atoms with Gasteiger partial charge in [0, 0.05) is 30.4 Å². The maximum atomic E-state index is 12.8. The number of amides is 1. The molecule has 0 unspecified atom stereocenters. The Hall–Kier alpha value is -3.98. The monoisotopic (exact) mass is 478 g/mol. The number of carbonyl (C=O) groups excluding carboxylic acids is 3. The normalized spacial score (nSPS) is 12.7. The van der Waals surface area contributed by atoms with Crippen molar-refractivity contribution in [2.24, 2.45) is 0 Å². The van der Waals surface area contributed by atoms with Gasteiger partial charge >= 0.3 is 5.97 Å². The molecule has 174 valence electrons. The predicted molar refractivity (Wildman–Crippen MR) is 126 cm³/mol. The van der Waals surface area contributed by atoms with Gasteiger partial charge in [-0.15, -0.1) is 0 Å². The Morgan fingerprint density at radius 2 is 1.65 bits per heavy atom. The number of anilines is 2. The van der Waals surface area contributed by atoms with E-state index < -0.39 is 22.6 Å². The van der Waals surface area contributed by atoms with Crippen molar-refractivity contribution in [3.05, 3.63) is 89.5 Å². The summed E-state index contributed by atoms with van der Waals surface area (Å²) in [5, 5.41) is 0. The van der Waals surface area contributed by atoms with Crippen LogP contribution in [0.4, 0.5) is 11.4 Å². The summed E-state index contributed by atoms with van der Waals surface area (Å²) in [5.41, 5.74) is 2.41. The molecule has 0 bridgehead atoms. The number of sulfonamides is 1. The topological polar surface area (TPSA) is 110 Å². The van der Waals surface area contributed by atoms with Crippen molar-refractivity contribution in [1.82, 2.24) is 0 Å². The molecule has 34 heavy (non-hydrogen) atoms. The number of fused-ring (bicyclic) bond motifs is 1. The first-order valence-corrected chi connectivity index (χ1v) is 12.0. The lowest BCUT2D eigenvalue weighted by molar-refractivity contribution is -0.116. The Kier molecular flexibility index (Phi) is 6.47. The molecule has 3 aromatic rings. The van der Waals surface area contributed by atoms with Gasteiger partial charge in [0.25, 0.3) is 10.0 Å². The van der Waals surface area contributed by atoms with E-state index in [4.69, 9.17) is 4.74 Å². The molecule has 0 aliphatic carbocycles. The number of nitrogens with zero attached hydrogens (tertiary/aromatic N) is 1. The second-order valence-corrected chi connectivity index (χ2v) is 9.44. The van der Waals surface area contributed by atoms with Crippen molar-refractivity contribution in [1.29, 1.82) is 0 Å². The molecule has 0 atom stereocenters. The molecule has 0 saturated carbocycles. The Morgan fingerprint density at radius 3 is 2.32 bits per heavy atom. The molecule has 1 aliphatic heterocycles. The van der Waals surface area contributed by atoms with Crippen molar-refractivity contribution in [2.45, 2.75) is 18.2 Å². The average molecular weight is 479 g/mol. The van der Waals surface area contributed by atoms with Crippen LogP contribution in [0, 0.1) is 0 Å². The first kappa shape index (κ1) is 23.2. The SMILES string of the molecule is CC(=O)N1CCc2cc(S(=O)(=O)Nc3ccc(C(=O)OCC(=O)c4ccccc4)cc3)ccc21. The van der Waals surface area contributed by atoms with Crippen LogP contribution in [0.3, 0.4) is 0 Å². The number of ether oxygens (including phenoxy) is 1. The summed E-state index contributed by atoms with van der Waals surface area (Å²) in [6.45, 7) is 1.61. The van der Waals surface area contributed by atoms with E-state index in [0.717, 1.165) is 11.3 Å². The zero-order valence-electron chi connectivity index (χ0n) is 18.4. The third kappa shape index (κ3) is 4.99. The number of hydrogen-bond donors (Lipinski definition) is 1. The largest absolute Gasteiger partial charge is 0.454 e. The van der Waals surface area contributed by atoms with Crippen LogP contribution in [-0.2, 0) is 26.0 Å². The number of rotatable bonds is 7. The fourth-order valence-corrected chi connectivity index (χ4v) is 4.79. The zero-order valence-corrected chi connectivity index (χ0v) is 19.2. The van der Waals surface area contributed by atoms with Gasteiger partial charge in [-0.05, 0) is 54.4 Å². The summed E-state index contributed by atoms with van der Waals surface area (Å²) in [6.07, 6.45) is 0.585. The van der Waals surface area contributed by atoms with Gasteiger partial charge in [-0.1, -0.05) is 30.3 Å². The van der Waals surface area contributed by atoms with Gasteiger partial charge in [0.05, 0.1) is 10.5 Å². The molecular formula is C25H22N2O6S. The fourth-order valence-electron chi connectivity index (χ4n) is 3.68. The number of ketones is 1. The van der Waals surface area contributed by atoms with Gasteiger partial charge in [-0.25, -0.2) is 13.2 Å². The summed E-state index contributed by atoms with van der Waals surface area (Å²) in [6, 6.07) is 18.9. The first-order chi connectivity index (χ1) is 16.2. The predicted octanol–water partition coefficient (Wildman–Crippen LogP) is 3.44. The van der Waals surface area contributed by atoms with E-state index in [1.165, 1.54) is 37.3 Å². The van der Waals surface area contributed by atoms with Gasteiger partial charge in [0.15, 0.2) is 12.4 Å². The van der Waals surface area contributed by atoms with Crippen LogP contribution in [0.5, 0.6) is 0 Å². The summed E-state index contributed by atoms with van der Waals surface area (Å²) in [7, 11) is -3.87. The van der Waals surface area contributed by atoms with Crippen molar-refractivity contribution >= 4 is 39.1 Å². The number of nitrogens with one attached hydrogen (secondary N) is 1. The van der Waals surface area contributed by atoms with Gasteiger partial charge in [0.2, 0.25) is 5.91 Å². The van der Waals surface area contributed by atoms with E-state index in [1.54, 1.807) is 47.4 Å². The molecule has 0 aromatic heterocycles. The van der Waals surface area contributed by atoms with Crippen molar-refractivity contribution in [2.75, 3.05) is 22.8 Å². The van der Waals surface area contributed by atoms with Crippen LogP contribution in [0.25, 0.3) is 0 Å². The highest BCUT2D eigenvalue weighted by Crippen LogP contribution is 2.30.